The van der Waals surface area contributed by atoms with E-state index in [9.17, 15) is 9.18 Å². The van der Waals surface area contributed by atoms with Crippen molar-refractivity contribution in [3.8, 4) is 10.6 Å². The number of amides is 1. The lowest BCUT2D eigenvalue weighted by molar-refractivity contribution is -0.133. The van der Waals surface area contributed by atoms with Gasteiger partial charge in [0.25, 0.3) is 0 Å². The van der Waals surface area contributed by atoms with E-state index in [1.165, 1.54) is 17.4 Å². The molecule has 1 amide bonds. The Labute approximate surface area is 138 Å². The van der Waals surface area contributed by atoms with Gasteiger partial charge in [-0.3, -0.25) is 4.79 Å². The first-order valence-electron chi connectivity index (χ1n) is 8.09. The molecule has 1 atom stereocenters. The first-order valence-corrected chi connectivity index (χ1v) is 8.91. The van der Waals surface area contributed by atoms with Gasteiger partial charge in [0.2, 0.25) is 5.91 Å². The van der Waals surface area contributed by atoms with Crippen molar-refractivity contribution in [2.45, 2.75) is 31.6 Å². The molecule has 0 bridgehead atoms. The quantitative estimate of drug-likeness (QED) is 0.865. The molecule has 6 heteroatoms. The number of hydrogen-bond donors (Lipinski definition) is 0. The molecule has 2 heterocycles. The summed E-state index contributed by atoms with van der Waals surface area (Å²) in [4.78, 5) is 14.2. The third kappa shape index (κ3) is 3.00. The molecular formula is C17H18FN3OS. The van der Waals surface area contributed by atoms with E-state index in [1.807, 2.05) is 4.90 Å². The SMILES string of the molecule is O=C(C1CC1)N1CCC[C@H](c2nnc(-c3ccccc3F)s2)C1. The summed E-state index contributed by atoms with van der Waals surface area (Å²) in [6.07, 6.45) is 4.09. The molecule has 1 aromatic heterocycles. The van der Waals surface area contributed by atoms with Crippen molar-refractivity contribution in [3.63, 3.8) is 0 Å². The van der Waals surface area contributed by atoms with Crippen LogP contribution in [-0.2, 0) is 4.79 Å². The Kier molecular flexibility index (Phi) is 3.85. The molecule has 1 saturated carbocycles. The van der Waals surface area contributed by atoms with Crippen molar-refractivity contribution in [3.05, 3.63) is 35.1 Å². The van der Waals surface area contributed by atoms with Crippen LogP contribution in [-0.4, -0.2) is 34.1 Å². The van der Waals surface area contributed by atoms with E-state index in [2.05, 4.69) is 10.2 Å². The fraction of sp³-hybridized carbons (Fsp3) is 0.471. The van der Waals surface area contributed by atoms with Crippen molar-refractivity contribution in [1.82, 2.24) is 15.1 Å². The highest BCUT2D eigenvalue weighted by molar-refractivity contribution is 7.14. The molecule has 0 unspecified atom stereocenters. The van der Waals surface area contributed by atoms with Crippen molar-refractivity contribution in [1.29, 1.82) is 0 Å². The summed E-state index contributed by atoms with van der Waals surface area (Å²) in [5.74, 6) is 0.513. The highest BCUT2D eigenvalue weighted by Crippen LogP contribution is 2.36. The molecule has 4 nitrogen and oxygen atoms in total. The molecule has 1 aliphatic carbocycles. The van der Waals surface area contributed by atoms with Gasteiger partial charge in [-0.15, -0.1) is 10.2 Å². The van der Waals surface area contributed by atoms with E-state index in [-0.39, 0.29) is 17.7 Å². The average Bonchev–Trinajstić information content (AvgIpc) is 3.32. The van der Waals surface area contributed by atoms with Crippen LogP contribution in [0.15, 0.2) is 24.3 Å². The Morgan fingerprint density at radius 3 is 2.83 bits per heavy atom. The first-order chi connectivity index (χ1) is 11.2. The molecule has 1 saturated heterocycles. The van der Waals surface area contributed by atoms with Gasteiger partial charge in [-0.25, -0.2) is 4.39 Å². The number of halogens is 1. The Morgan fingerprint density at radius 1 is 1.22 bits per heavy atom. The number of hydrogen-bond acceptors (Lipinski definition) is 4. The van der Waals surface area contributed by atoms with Crippen LogP contribution in [0.3, 0.4) is 0 Å². The van der Waals surface area contributed by atoms with Crippen LogP contribution < -0.4 is 0 Å². The number of benzene rings is 1. The van der Waals surface area contributed by atoms with Gasteiger partial charge in [0.15, 0.2) is 5.01 Å². The fourth-order valence-electron chi connectivity index (χ4n) is 3.11. The van der Waals surface area contributed by atoms with Crippen molar-refractivity contribution >= 4 is 17.2 Å². The van der Waals surface area contributed by atoms with Crippen LogP contribution >= 0.6 is 11.3 Å². The van der Waals surface area contributed by atoms with Gasteiger partial charge >= 0.3 is 0 Å². The second-order valence-corrected chi connectivity index (χ2v) is 7.33. The highest BCUT2D eigenvalue weighted by Gasteiger charge is 2.36. The van der Waals surface area contributed by atoms with E-state index < -0.39 is 0 Å². The van der Waals surface area contributed by atoms with Gasteiger partial charge < -0.3 is 4.90 Å². The van der Waals surface area contributed by atoms with Crippen molar-refractivity contribution < 1.29 is 9.18 Å². The maximum Gasteiger partial charge on any atom is 0.225 e. The molecule has 23 heavy (non-hydrogen) atoms. The Morgan fingerprint density at radius 2 is 2.04 bits per heavy atom. The summed E-state index contributed by atoms with van der Waals surface area (Å²) in [5, 5.41) is 9.97. The Bertz CT molecular complexity index is 728. The number of carbonyl (C=O) groups excluding carboxylic acids is 1. The first kappa shape index (κ1) is 14.8. The maximum atomic E-state index is 13.9. The molecule has 120 valence electrons. The summed E-state index contributed by atoms with van der Waals surface area (Å²) in [6.45, 7) is 1.58. The van der Waals surface area contributed by atoms with Gasteiger partial charge in [0.1, 0.15) is 10.8 Å². The zero-order chi connectivity index (χ0) is 15.8. The minimum Gasteiger partial charge on any atom is -0.342 e. The minimum absolute atomic E-state index is 0.226. The second kappa shape index (κ2) is 6.00. The van der Waals surface area contributed by atoms with Gasteiger partial charge in [0.05, 0.1) is 0 Å². The monoisotopic (exact) mass is 331 g/mol. The number of nitrogens with zero attached hydrogens (tertiary/aromatic N) is 3. The average molecular weight is 331 g/mol. The molecule has 1 aromatic carbocycles. The molecule has 2 aromatic rings. The summed E-state index contributed by atoms with van der Waals surface area (Å²) in [7, 11) is 0. The lowest BCUT2D eigenvalue weighted by Crippen LogP contribution is -2.39. The van der Waals surface area contributed by atoms with E-state index >= 15 is 0 Å². The largest absolute Gasteiger partial charge is 0.342 e. The van der Waals surface area contributed by atoms with E-state index in [1.54, 1.807) is 18.2 Å². The standard InChI is InChI=1S/C17H18FN3OS/c18-14-6-2-1-5-13(14)16-20-19-15(23-16)12-4-3-9-21(10-12)17(22)11-7-8-11/h1-2,5-6,11-12H,3-4,7-10H2/t12-/m0/s1. The third-order valence-electron chi connectivity index (χ3n) is 4.55. The normalized spacial score (nSPS) is 21.4. The van der Waals surface area contributed by atoms with Gasteiger partial charge in [-0.1, -0.05) is 23.5 Å². The second-order valence-electron chi connectivity index (χ2n) is 6.32. The molecular weight excluding hydrogens is 313 g/mol. The number of aromatic nitrogens is 2. The predicted molar refractivity (Wildman–Crippen MR) is 86.6 cm³/mol. The van der Waals surface area contributed by atoms with Crippen LogP contribution in [0.5, 0.6) is 0 Å². The molecule has 2 aliphatic rings. The highest BCUT2D eigenvalue weighted by atomic mass is 32.1. The number of piperidine rings is 1. The fourth-order valence-corrected chi connectivity index (χ4v) is 4.11. The summed E-state index contributed by atoms with van der Waals surface area (Å²) in [5.41, 5.74) is 0.498. The van der Waals surface area contributed by atoms with Crippen molar-refractivity contribution in [2.24, 2.45) is 5.92 Å². The molecule has 0 N–H and O–H groups in total. The van der Waals surface area contributed by atoms with Crippen LogP contribution in [0, 0.1) is 11.7 Å². The predicted octanol–water partition coefficient (Wildman–Crippen LogP) is 3.46. The Hall–Kier alpha value is -1.82. The number of likely N-dealkylation sites (tertiary alicyclic amines) is 1. The summed E-state index contributed by atoms with van der Waals surface area (Å²) in [6, 6.07) is 6.63. The van der Waals surface area contributed by atoms with Gasteiger partial charge in [-0.05, 0) is 37.8 Å². The van der Waals surface area contributed by atoms with E-state index in [0.717, 1.165) is 43.8 Å². The van der Waals surface area contributed by atoms with Crippen LogP contribution in [0.2, 0.25) is 0 Å². The molecule has 2 fully saturated rings. The number of rotatable bonds is 3. The molecule has 1 aliphatic heterocycles. The molecule has 0 spiro atoms. The van der Waals surface area contributed by atoms with E-state index in [0.29, 0.717) is 16.5 Å². The molecule has 0 radical (unpaired) electrons. The van der Waals surface area contributed by atoms with Crippen molar-refractivity contribution in [2.75, 3.05) is 13.1 Å². The zero-order valence-corrected chi connectivity index (χ0v) is 13.6. The molecule has 4 rings (SSSR count). The van der Waals surface area contributed by atoms with Crippen LogP contribution in [0.1, 0.15) is 36.6 Å². The third-order valence-corrected chi connectivity index (χ3v) is 5.67. The van der Waals surface area contributed by atoms with Gasteiger partial charge in [-0.2, -0.15) is 0 Å². The topological polar surface area (TPSA) is 46.1 Å². The minimum atomic E-state index is -0.274. The van der Waals surface area contributed by atoms with E-state index in [4.69, 9.17) is 0 Å². The number of carbonyl (C=O) groups is 1. The zero-order valence-electron chi connectivity index (χ0n) is 12.7. The maximum absolute atomic E-state index is 13.9. The Balaban J connectivity index is 1.52. The van der Waals surface area contributed by atoms with Crippen LogP contribution in [0.25, 0.3) is 10.6 Å². The smallest absolute Gasteiger partial charge is 0.225 e. The van der Waals surface area contributed by atoms with Crippen LogP contribution in [0.4, 0.5) is 4.39 Å². The lowest BCUT2D eigenvalue weighted by Gasteiger charge is -2.31. The summed E-state index contributed by atoms with van der Waals surface area (Å²) >= 11 is 1.44. The lowest BCUT2D eigenvalue weighted by atomic mass is 9.98. The summed E-state index contributed by atoms with van der Waals surface area (Å²) < 4.78 is 13.9. The van der Waals surface area contributed by atoms with Gasteiger partial charge in [0, 0.05) is 30.5 Å².